The van der Waals surface area contributed by atoms with Gasteiger partial charge in [0.15, 0.2) is 0 Å². The molecule has 1 aromatic heterocycles. The summed E-state index contributed by atoms with van der Waals surface area (Å²) in [4.78, 5) is 27.9. The highest BCUT2D eigenvalue weighted by atomic mass is 16.5. The molecule has 6 heteroatoms. The van der Waals surface area contributed by atoms with Gasteiger partial charge in [-0.25, -0.2) is 9.97 Å². The summed E-state index contributed by atoms with van der Waals surface area (Å²) in [6, 6.07) is 12.4. The van der Waals surface area contributed by atoms with E-state index in [-0.39, 0.29) is 16.7 Å². The zero-order valence-corrected chi connectivity index (χ0v) is 19.9. The van der Waals surface area contributed by atoms with Gasteiger partial charge in [-0.3, -0.25) is 4.79 Å². The van der Waals surface area contributed by atoms with E-state index in [1.54, 1.807) is 0 Å². The Morgan fingerprint density at radius 3 is 2.53 bits per heavy atom. The Hall–Kier alpha value is -2.47. The number of likely N-dealkylation sites (tertiary alicyclic amines) is 1. The molecule has 0 aliphatic carbocycles. The van der Waals surface area contributed by atoms with Crippen LogP contribution in [0, 0.1) is 12.3 Å². The third-order valence-corrected chi connectivity index (χ3v) is 7.11. The molecular formula is C26H36N4O2. The second-order valence-corrected chi connectivity index (χ2v) is 10.0. The minimum atomic E-state index is -0.389. The molecule has 1 atom stereocenters. The summed E-state index contributed by atoms with van der Waals surface area (Å²) >= 11 is 0. The fourth-order valence-electron chi connectivity index (χ4n) is 5.20. The third kappa shape index (κ3) is 4.65. The van der Waals surface area contributed by atoms with Crippen molar-refractivity contribution in [2.45, 2.75) is 51.4 Å². The zero-order valence-electron chi connectivity index (χ0n) is 19.9. The van der Waals surface area contributed by atoms with Gasteiger partial charge in [0, 0.05) is 57.6 Å². The highest BCUT2D eigenvalue weighted by Crippen LogP contribution is 2.40. The monoisotopic (exact) mass is 436 g/mol. The van der Waals surface area contributed by atoms with E-state index >= 15 is 0 Å². The number of aryl methyl sites for hydroxylation is 1. The number of anilines is 1. The Morgan fingerprint density at radius 1 is 1.12 bits per heavy atom. The number of benzene rings is 1. The number of piperidine rings is 1. The maximum atomic E-state index is 14.1. The first-order valence-corrected chi connectivity index (χ1v) is 11.8. The third-order valence-electron chi connectivity index (χ3n) is 7.11. The Kier molecular flexibility index (Phi) is 6.52. The topological polar surface area (TPSA) is 58.6 Å². The van der Waals surface area contributed by atoms with Crippen molar-refractivity contribution in [3.8, 4) is 0 Å². The van der Waals surface area contributed by atoms with E-state index in [9.17, 15) is 4.79 Å². The number of ether oxygens (including phenoxy) is 1. The fraction of sp³-hybridized carbons (Fsp3) is 0.577. The summed E-state index contributed by atoms with van der Waals surface area (Å²) in [5.41, 5.74) is 1.55. The predicted octanol–water partition coefficient (Wildman–Crippen LogP) is 3.77. The van der Waals surface area contributed by atoms with Crippen LogP contribution >= 0.6 is 0 Å². The SMILES string of the molecule is Cc1cc(N(C)C)nc([C@]2(C)CCCN(C(=O)C3(Cc4ccccc4)CCOCC3)C2)n1. The highest BCUT2D eigenvalue weighted by Gasteiger charge is 2.46. The van der Waals surface area contributed by atoms with E-state index in [2.05, 4.69) is 36.1 Å². The molecule has 6 nitrogen and oxygen atoms in total. The molecule has 0 unspecified atom stereocenters. The summed E-state index contributed by atoms with van der Waals surface area (Å²) in [6.07, 6.45) is 4.28. The van der Waals surface area contributed by atoms with Gasteiger partial charge in [-0.2, -0.15) is 0 Å². The van der Waals surface area contributed by atoms with Gasteiger partial charge in [-0.15, -0.1) is 0 Å². The molecule has 1 amide bonds. The van der Waals surface area contributed by atoms with Crippen LogP contribution in [0.2, 0.25) is 0 Å². The molecule has 2 fully saturated rings. The van der Waals surface area contributed by atoms with Crippen LogP contribution in [0.1, 0.15) is 49.7 Å². The molecule has 3 heterocycles. The van der Waals surface area contributed by atoms with Crippen molar-refractivity contribution in [3.05, 3.63) is 53.5 Å². The number of nitrogens with zero attached hydrogens (tertiary/aromatic N) is 4. The van der Waals surface area contributed by atoms with Crippen molar-refractivity contribution in [3.63, 3.8) is 0 Å². The molecule has 2 aromatic rings. The van der Waals surface area contributed by atoms with Crippen LogP contribution in [0.15, 0.2) is 36.4 Å². The van der Waals surface area contributed by atoms with Crippen LogP contribution < -0.4 is 4.90 Å². The van der Waals surface area contributed by atoms with Gasteiger partial charge in [0.25, 0.3) is 0 Å². The van der Waals surface area contributed by atoms with Crippen LogP contribution in [-0.4, -0.2) is 61.2 Å². The Balaban J connectivity index is 1.60. The lowest BCUT2D eigenvalue weighted by Gasteiger charge is -2.45. The quantitative estimate of drug-likeness (QED) is 0.714. The Morgan fingerprint density at radius 2 is 1.84 bits per heavy atom. The highest BCUT2D eigenvalue weighted by molar-refractivity contribution is 5.83. The first-order chi connectivity index (χ1) is 15.3. The van der Waals surface area contributed by atoms with Crippen LogP contribution in [0.4, 0.5) is 5.82 Å². The maximum Gasteiger partial charge on any atom is 0.229 e. The van der Waals surface area contributed by atoms with E-state index in [1.807, 2.05) is 38.1 Å². The van der Waals surface area contributed by atoms with Crippen LogP contribution in [0.5, 0.6) is 0 Å². The first-order valence-electron chi connectivity index (χ1n) is 11.8. The van der Waals surface area contributed by atoms with Gasteiger partial charge in [-0.05, 0) is 44.6 Å². The van der Waals surface area contributed by atoms with Gasteiger partial charge in [-0.1, -0.05) is 37.3 Å². The molecule has 2 aliphatic heterocycles. The lowest BCUT2D eigenvalue weighted by Crippen LogP contribution is -2.54. The van der Waals surface area contributed by atoms with E-state index < -0.39 is 0 Å². The zero-order chi connectivity index (χ0) is 22.8. The molecule has 0 bridgehead atoms. The smallest absolute Gasteiger partial charge is 0.229 e. The number of amides is 1. The van der Waals surface area contributed by atoms with Crippen molar-refractivity contribution in [2.75, 3.05) is 45.3 Å². The number of carbonyl (C=O) groups excluding carboxylic acids is 1. The van der Waals surface area contributed by atoms with Gasteiger partial charge >= 0.3 is 0 Å². The number of carbonyl (C=O) groups is 1. The van der Waals surface area contributed by atoms with Crippen LogP contribution in [0.3, 0.4) is 0 Å². The number of hydrogen-bond acceptors (Lipinski definition) is 5. The molecule has 0 radical (unpaired) electrons. The lowest BCUT2D eigenvalue weighted by molar-refractivity contribution is -0.150. The lowest BCUT2D eigenvalue weighted by atomic mass is 9.72. The number of rotatable bonds is 5. The van der Waals surface area contributed by atoms with Gasteiger partial charge in [0.2, 0.25) is 5.91 Å². The molecule has 2 aliphatic rings. The number of hydrogen-bond donors (Lipinski definition) is 0. The average Bonchev–Trinajstić information content (AvgIpc) is 2.79. The van der Waals surface area contributed by atoms with Crippen molar-refractivity contribution >= 4 is 11.7 Å². The van der Waals surface area contributed by atoms with E-state index in [0.29, 0.717) is 19.8 Å². The van der Waals surface area contributed by atoms with Crippen LogP contribution in [0.25, 0.3) is 0 Å². The molecule has 32 heavy (non-hydrogen) atoms. The molecule has 0 spiro atoms. The number of aromatic nitrogens is 2. The predicted molar refractivity (Wildman–Crippen MR) is 127 cm³/mol. The summed E-state index contributed by atoms with van der Waals surface area (Å²) in [5.74, 6) is 2.04. The second-order valence-electron chi connectivity index (χ2n) is 10.0. The van der Waals surface area contributed by atoms with Gasteiger partial charge in [0.05, 0.1) is 5.41 Å². The molecule has 0 N–H and O–H groups in total. The first kappa shape index (κ1) is 22.7. The van der Waals surface area contributed by atoms with Gasteiger partial charge < -0.3 is 14.5 Å². The Labute approximate surface area is 192 Å². The summed E-state index contributed by atoms with van der Waals surface area (Å²) in [6.45, 7) is 7.00. The summed E-state index contributed by atoms with van der Waals surface area (Å²) < 4.78 is 5.66. The van der Waals surface area contributed by atoms with Crippen molar-refractivity contribution in [2.24, 2.45) is 5.41 Å². The largest absolute Gasteiger partial charge is 0.381 e. The second kappa shape index (κ2) is 9.18. The van der Waals surface area contributed by atoms with Gasteiger partial charge in [0.1, 0.15) is 11.6 Å². The summed E-state index contributed by atoms with van der Waals surface area (Å²) in [5, 5.41) is 0. The van der Waals surface area contributed by atoms with Crippen molar-refractivity contribution < 1.29 is 9.53 Å². The average molecular weight is 437 g/mol. The van der Waals surface area contributed by atoms with E-state index in [1.165, 1.54) is 5.56 Å². The molecule has 172 valence electrons. The standard InChI is InChI=1S/C26H36N4O2/c1-20-17-22(29(3)4)28-23(27-20)25(2)11-8-14-30(19-25)24(31)26(12-15-32-16-13-26)18-21-9-6-5-7-10-21/h5-7,9-10,17H,8,11-16,18-19H2,1-4H3/t25-/m1/s1. The molecule has 0 saturated carbocycles. The molecule has 2 saturated heterocycles. The van der Waals surface area contributed by atoms with Crippen molar-refractivity contribution in [1.29, 1.82) is 0 Å². The molecule has 4 rings (SSSR count). The maximum absolute atomic E-state index is 14.1. The van der Waals surface area contributed by atoms with Crippen LogP contribution in [-0.2, 0) is 21.4 Å². The summed E-state index contributed by atoms with van der Waals surface area (Å²) in [7, 11) is 4.01. The Bertz CT molecular complexity index is 940. The van der Waals surface area contributed by atoms with Crippen molar-refractivity contribution in [1.82, 2.24) is 14.9 Å². The molecular weight excluding hydrogens is 400 g/mol. The fourth-order valence-corrected chi connectivity index (χ4v) is 5.20. The minimum Gasteiger partial charge on any atom is -0.381 e. The molecule has 1 aromatic carbocycles. The van der Waals surface area contributed by atoms with E-state index in [4.69, 9.17) is 14.7 Å². The normalized spacial score (nSPS) is 23.1. The van der Waals surface area contributed by atoms with E-state index in [0.717, 1.165) is 56.0 Å². The minimum absolute atomic E-state index is 0.246.